The minimum Gasteiger partial charge on any atom is -0.394 e. The van der Waals surface area contributed by atoms with Crippen molar-refractivity contribution in [3.05, 3.63) is 35.4 Å². The molecule has 0 unspecified atom stereocenters. The maximum Gasteiger partial charge on any atom is 0.191 e. The first-order chi connectivity index (χ1) is 17.9. The number of halogens is 2. The Morgan fingerprint density at radius 1 is 1.05 bits per heavy atom. The van der Waals surface area contributed by atoms with Gasteiger partial charge in [0.25, 0.3) is 0 Å². The number of rotatable bonds is 12. The van der Waals surface area contributed by atoms with Gasteiger partial charge in [-0.2, -0.15) is 5.11 Å². The van der Waals surface area contributed by atoms with E-state index in [0.29, 0.717) is 28.9 Å². The van der Waals surface area contributed by atoms with Crippen molar-refractivity contribution in [3.63, 3.8) is 0 Å². The summed E-state index contributed by atoms with van der Waals surface area (Å²) in [7, 11) is 0. The zero-order valence-electron chi connectivity index (χ0n) is 20.0. The first-order valence-electron chi connectivity index (χ1n) is 12.4. The number of ether oxygens (including phenoxy) is 1. The summed E-state index contributed by atoms with van der Waals surface area (Å²) in [5.41, 5.74) is 8.62. The molecule has 10 nitrogen and oxygen atoms in total. The van der Waals surface area contributed by atoms with Gasteiger partial charge in [0, 0.05) is 17.7 Å². The smallest absolute Gasteiger partial charge is 0.191 e. The van der Waals surface area contributed by atoms with Crippen molar-refractivity contribution < 1.29 is 28.8 Å². The number of aliphatic hydroxyl groups excluding tert-OH is 3. The van der Waals surface area contributed by atoms with Crippen molar-refractivity contribution >= 4 is 29.1 Å². The molecule has 3 aliphatic rings. The predicted octanol–water partition coefficient (Wildman–Crippen LogP) is 3.17. The number of nitrogens with one attached hydrogen (secondary N) is 3. The molecular weight excluding hydrogens is 506 g/mol. The molecule has 0 spiro atoms. The Balaban J connectivity index is 1.36. The number of aliphatic hydroxyl groups is 3. The highest BCUT2D eigenvalue weighted by Gasteiger charge is 2.43. The van der Waals surface area contributed by atoms with Crippen LogP contribution in [0.4, 0.5) is 26.1 Å². The topological polar surface area (TPSA) is 156 Å². The maximum atomic E-state index is 13.7. The van der Waals surface area contributed by atoms with Crippen molar-refractivity contribution in [2.75, 3.05) is 29.6 Å². The van der Waals surface area contributed by atoms with Gasteiger partial charge in [0.05, 0.1) is 25.4 Å². The van der Waals surface area contributed by atoms with E-state index in [1.165, 1.54) is 30.7 Å². The lowest BCUT2D eigenvalue weighted by molar-refractivity contribution is -0.0612. The lowest BCUT2D eigenvalue weighted by Gasteiger charge is -2.20. The highest BCUT2D eigenvalue weighted by atomic mass is 32.2. The fraction of sp³-hybridized carbons (Fsp3) is 0.583. The molecule has 3 saturated carbocycles. The van der Waals surface area contributed by atoms with Crippen LogP contribution < -0.4 is 10.6 Å². The van der Waals surface area contributed by atoms with Gasteiger partial charge in [-0.3, -0.25) is 0 Å². The molecule has 200 valence electrons. The minimum absolute atomic E-state index is 0.0402. The van der Waals surface area contributed by atoms with Crippen molar-refractivity contribution in [1.82, 2.24) is 9.97 Å². The van der Waals surface area contributed by atoms with Crippen LogP contribution in [0.25, 0.3) is 0 Å². The number of hydrogen-bond donors (Lipinski definition) is 6. The number of aromatic nitrogens is 2. The zero-order valence-corrected chi connectivity index (χ0v) is 20.8. The third-order valence-electron chi connectivity index (χ3n) is 6.98. The van der Waals surface area contributed by atoms with Crippen LogP contribution in [0, 0.1) is 23.1 Å². The SMILES string of the molecule is N=Nc1c(N[C@H]2C[C@@H](OCCO)[C@H](O)[C@@H]2O)nc(SCC2CC2)nc1N[C@@H]1C[C@H]1c1ccc(F)c(F)c1. The monoisotopic (exact) mass is 536 g/mol. The Hall–Kier alpha value is -2.45. The lowest BCUT2D eigenvalue weighted by Crippen LogP contribution is -2.36. The maximum absolute atomic E-state index is 13.7. The van der Waals surface area contributed by atoms with Crippen LogP contribution in [0.5, 0.6) is 0 Å². The van der Waals surface area contributed by atoms with E-state index in [-0.39, 0.29) is 43.1 Å². The number of hydrogen-bond acceptors (Lipinski definition) is 11. The number of anilines is 2. The van der Waals surface area contributed by atoms with E-state index in [1.807, 2.05) is 0 Å². The predicted molar refractivity (Wildman–Crippen MR) is 132 cm³/mol. The van der Waals surface area contributed by atoms with Crippen LogP contribution in [0.2, 0.25) is 0 Å². The molecule has 0 saturated heterocycles. The molecule has 0 radical (unpaired) electrons. The second-order valence-corrected chi connectivity index (χ2v) is 10.8. The van der Waals surface area contributed by atoms with E-state index in [2.05, 4.69) is 25.7 Å². The normalized spacial score (nSPS) is 28.8. The molecule has 0 aliphatic heterocycles. The molecule has 5 rings (SSSR count). The quantitative estimate of drug-likeness (QED) is 0.136. The Labute approximate surface area is 216 Å². The van der Waals surface area contributed by atoms with Gasteiger partial charge in [-0.1, -0.05) is 17.8 Å². The average Bonchev–Trinajstić information content (AvgIpc) is 3.81. The van der Waals surface area contributed by atoms with Crippen LogP contribution >= 0.6 is 11.8 Å². The fourth-order valence-electron chi connectivity index (χ4n) is 4.60. The van der Waals surface area contributed by atoms with Gasteiger partial charge >= 0.3 is 0 Å². The first kappa shape index (κ1) is 26.2. The van der Waals surface area contributed by atoms with Crippen LogP contribution in [0.3, 0.4) is 0 Å². The summed E-state index contributed by atoms with van der Waals surface area (Å²) in [4.78, 5) is 9.16. The van der Waals surface area contributed by atoms with Crippen LogP contribution in [-0.4, -0.2) is 74.6 Å². The molecule has 2 aromatic rings. The summed E-state index contributed by atoms with van der Waals surface area (Å²) in [6, 6.07) is 3.14. The second-order valence-electron chi connectivity index (χ2n) is 9.79. The molecule has 6 N–H and O–H groups in total. The number of thioether (sulfide) groups is 1. The molecule has 3 fully saturated rings. The number of benzene rings is 1. The van der Waals surface area contributed by atoms with Gasteiger partial charge in [0.15, 0.2) is 34.1 Å². The van der Waals surface area contributed by atoms with Gasteiger partial charge in [0.1, 0.15) is 12.2 Å². The van der Waals surface area contributed by atoms with Crippen molar-refractivity contribution in [2.24, 2.45) is 11.0 Å². The van der Waals surface area contributed by atoms with Gasteiger partial charge in [0.2, 0.25) is 0 Å². The molecule has 37 heavy (non-hydrogen) atoms. The summed E-state index contributed by atoms with van der Waals surface area (Å²) in [5, 5.41) is 40.5. The molecule has 1 aromatic carbocycles. The van der Waals surface area contributed by atoms with Gasteiger partial charge in [-0.05, 0) is 49.3 Å². The van der Waals surface area contributed by atoms with E-state index < -0.39 is 36.0 Å². The molecular formula is C24H30F2N6O4S. The standard InChI is InChI=1S/C24H30F2N6O4S/c25-14-4-3-12(7-15(14)26)13-8-16(13)28-22-19(32-27)23(31-24(30-22)37-10-11-1-2-11)29-17-9-18(36-6-5-33)21(35)20(17)34/h3-4,7,11,13,16-18,20-21,27,33-35H,1-2,5-6,8-10H2,(H2,28,29,30,31)/t13-,16+,17-,18+,20+,21-/m0/s1. The van der Waals surface area contributed by atoms with Crippen molar-refractivity contribution in [3.8, 4) is 0 Å². The van der Waals surface area contributed by atoms with E-state index in [0.717, 1.165) is 11.8 Å². The summed E-state index contributed by atoms with van der Waals surface area (Å²) < 4.78 is 32.5. The molecule has 0 amide bonds. The van der Waals surface area contributed by atoms with Gasteiger partial charge in [-0.25, -0.2) is 24.3 Å². The molecule has 3 aliphatic carbocycles. The van der Waals surface area contributed by atoms with Gasteiger partial charge < -0.3 is 30.7 Å². The largest absolute Gasteiger partial charge is 0.394 e. The van der Waals surface area contributed by atoms with Crippen molar-refractivity contribution in [1.29, 1.82) is 5.53 Å². The van der Waals surface area contributed by atoms with Crippen molar-refractivity contribution in [2.45, 2.75) is 67.2 Å². The summed E-state index contributed by atoms with van der Waals surface area (Å²) in [6.07, 6.45) is 0.312. The Bertz CT molecular complexity index is 1140. The van der Waals surface area contributed by atoms with Crippen LogP contribution in [0.15, 0.2) is 28.5 Å². The third-order valence-corrected chi connectivity index (χ3v) is 8.06. The minimum atomic E-state index is -1.16. The molecule has 0 bridgehead atoms. The molecule has 1 aromatic heterocycles. The van der Waals surface area contributed by atoms with E-state index in [9.17, 15) is 19.0 Å². The Kier molecular flexibility index (Phi) is 7.86. The fourth-order valence-corrected chi connectivity index (χ4v) is 5.63. The summed E-state index contributed by atoms with van der Waals surface area (Å²) in [5.74, 6) is 0.237. The van der Waals surface area contributed by atoms with Crippen LogP contribution in [0.1, 0.15) is 37.2 Å². The molecule has 1 heterocycles. The third kappa shape index (κ3) is 6.01. The van der Waals surface area contributed by atoms with Crippen LogP contribution in [-0.2, 0) is 4.74 Å². The Morgan fingerprint density at radius 2 is 1.78 bits per heavy atom. The van der Waals surface area contributed by atoms with E-state index in [4.69, 9.17) is 15.4 Å². The van der Waals surface area contributed by atoms with E-state index in [1.54, 1.807) is 6.07 Å². The molecule has 13 heteroatoms. The summed E-state index contributed by atoms with van der Waals surface area (Å²) in [6.45, 7) is -0.160. The van der Waals surface area contributed by atoms with Gasteiger partial charge in [-0.15, -0.1) is 0 Å². The highest BCUT2D eigenvalue weighted by Crippen LogP contribution is 2.45. The highest BCUT2D eigenvalue weighted by molar-refractivity contribution is 7.99. The zero-order chi connectivity index (χ0) is 26.1. The summed E-state index contributed by atoms with van der Waals surface area (Å²) >= 11 is 1.50. The second kappa shape index (κ2) is 11.1. The first-order valence-corrected chi connectivity index (χ1v) is 13.4. The number of nitrogens with zero attached hydrogens (tertiary/aromatic N) is 3. The molecule has 6 atom stereocenters. The lowest BCUT2D eigenvalue weighted by atomic mass is 10.1. The Morgan fingerprint density at radius 3 is 2.43 bits per heavy atom. The van der Waals surface area contributed by atoms with E-state index >= 15 is 0 Å². The average molecular weight is 537 g/mol.